The lowest BCUT2D eigenvalue weighted by Crippen LogP contribution is -2.29. The van der Waals surface area contributed by atoms with Crippen LogP contribution in [0, 0.1) is 18.3 Å². The number of nitrogens with zero attached hydrogens (tertiary/aromatic N) is 5. The van der Waals surface area contributed by atoms with E-state index in [1.807, 2.05) is 19.1 Å². The summed E-state index contributed by atoms with van der Waals surface area (Å²) in [6.45, 7) is 5.51. The molecule has 2 heterocycles. The molecule has 142 valence electrons. The fraction of sp³-hybridized carbons (Fsp3) is 0.400. The number of carbonyl (C=O) groups excluding carboxylic acids is 1. The van der Waals surface area contributed by atoms with Gasteiger partial charge < -0.3 is 4.90 Å². The molecule has 0 N–H and O–H groups in total. The van der Waals surface area contributed by atoms with Gasteiger partial charge in [0.25, 0.3) is 0 Å². The third-order valence-corrected chi connectivity index (χ3v) is 4.53. The van der Waals surface area contributed by atoms with Crippen LogP contribution >= 0.6 is 11.6 Å². The number of carbonyl (C=O) groups is 1. The molecule has 1 amide bonds. The number of hydrogen-bond donors (Lipinski definition) is 0. The molecule has 2 aromatic heterocycles. The third-order valence-electron chi connectivity index (χ3n) is 4.13. The molecule has 0 saturated carbocycles. The minimum atomic E-state index is -0.175. The maximum absolute atomic E-state index is 12.7. The van der Waals surface area contributed by atoms with E-state index in [0.29, 0.717) is 18.2 Å². The lowest BCUT2D eigenvalue weighted by Gasteiger charge is -2.19. The average Bonchev–Trinajstić information content (AvgIpc) is 2.95. The maximum Gasteiger partial charge on any atom is 0.246 e. The molecule has 6 nitrogen and oxygen atoms in total. The van der Waals surface area contributed by atoms with Gasteiger partial charge >= 0.3 is 0 Å². The number of rotatable bonds is 9. The number of hydrogen-bond acceptors (Lipinski definition) is 4. The van der Waals surface area contributed by atoms with Gasteiger partial charge in [0, 0.05) is 43.7 Å². The van der Waals surface area contributed by atoms with Crippen LogP contribution in [0.25, 0.3) is 6.08 Å². The van der Waals surface area contributed by atoms with Crippen LogP contribution in [0.2, 0.25) is 5.15 Å². The summed E-state index contributed by atoms with van der Waals surface area (Å²) in [5, 5.41) is 13.9. The van der Waals surface area contributed by atoms with Crippen molar-refractivity contribution in [2.75, 3.05) is 6.54 Å². The first-order valence-electron chi connectivity index (χ1n) is 9.02. The summed E-state index contributed by atoms with van der Waals surface area (Å²) in [6.07, 6.45) is 8.93. The Morgan fingerprint density at radius 2 is 2.30 bits per heavy atom. The minimum Gasteiger partial charge on any atom is -0.334 e. The second-order valence-electron chi connectivity index (χ2n) is 6.23. The van der Waals surface area contributed by atoms with Gasteiger partial charge in [-0.15, -0.1) is 0 Å². The van der Waals surface area contributed by atoms with Gasteiger partial charge in [0.05, 0.1) is 18.2 Å². The molecular weight excluding hydrogens is 362 g/mol. The Labute approximate surface area is 165 Å². The van der Waals surface area contributed by atoms with Crippen molar-refractivity contribution in [2.24, 2.45) is 0 Å². The molecule has 0 fully saturated rings. The summed E-state index contributed by atoms with van der Waals surface area (Å²) in [5.74, 6) is -0.175. The molecule has 2 aromatic rings. The van der Waals surface area contributed by atoms with Crippen molar-refractivity contribution < 1.29 is 4.79 Å². The zero-order valence-corrected chi connectivity index (χ0v) is 16.5. The minimum absolute atomic E-state index is 0.175. The summed E-state index contributed by atoms with van der Waals surface area (Å²) < 4.78 is 1.77. The molecule has 0 spiro atoms. The Kier molecular flexibility index (Phi) is 8.02. The molecule has 0 aliphatic rings. The topological polar surface area (TPSA) is 74.8 Å². The van der Waals surface area contributed by atoms with E-state index >= 15 is 0 Å². The van der Waals surface area contributed by atoms with Gasteiger partial charge in [-0.25, -0.2) is 0 Å². The van der Waals surface area contributed by atoms with Gasteiger partial charge in [-0.1, -0.05) is 31.0 Å². The number of nitriles is 1. The number of unbranched alkanes of at least 4 members (excludes halogenated alkanes) is 1. The number of aryl methyl sites for hydroxylation is 2. The highest BCUT2D eigenvalue weighted by Gasteiger charge is 2.14. The van der Waals surface area contributed by atoms with E-state index in [2.05, 4.69) is 23.1 Å². The molecule has 27 heavy (non-hydrogen) atoms. The Balaban J connectivity index is 2.14. The normalized spacial score (nSPS) is 10.9. The maximum atomic E-state index is 12.7. The summed E-state index contributed by atoms with van der Waals surface area (Å²) >= 11 is 6.41. The molecule has 0 radical (unpaired) electrons. The highest BCUT2D eigenvalue weighted by Crippen LogP contribution is 2.22. The van der Waals surface area contributed by atoms with Gasteiger partial charge in [0.2, 0.25) is 5.91 Å². The second-order valence-corrected chi connectivity index (χ2v) is 6.59. The Morgan fingerprint density at radius 3 is 2.96 bits per heavy atom. The van der Waals surface area contributed by atoms with Crippen molar-refractivity contribution in [3.05, 3.63) is 52.6 Å². The van der Waals surface area contributed by atoms with Gasteiger partial charge in [0.1, 0.15) is 5.15 Å². The molecule has 7 heteroatoms. The summed E-state index contributed by atoms with van der Waals surface area (Å²) in [6, 6.07) is 5.82. The fourth-order valence-corrected chi connectivity index (χ4v) is 2.96. The smallest absolute Gasteiger partial charge is 0.246 e. The zero-order chi connectivity index (χ0) is 19.6. The summed E-state index contributed by atoms with van der Waals surface area (Å²) in [5.41, 5.74) is 2.46. The van der Waals surface area contributed by atoms with Crippen LogP contribution in [0.15, 0.2) is 30.6 Å². The van der Waals surface area contributed by atoms with Crippen LogP contribution in [-0.2, 0) is 17.9 Å². The van der Waals surface area contributed by atoms with Crippen LogP contribution in [0.5, 0.6) is 0 Å². The quantitative estimate of drug-likeness (QED) is 0.611. The van der Waals surface area contributed by atoms with Crippen molar-refractivity contribution in [2.45, 2.75) is 46.2 Å². The SMILES string of the molecule is CCCCn1nc(C)c(/C=C/C(=O)N(CCC#N)Cc2cccnc2)c1Cl. The highest BCUT2D eigenvalue weighted by atomic mass is 35.5. The molecule has 2 rings (SSSR count). The molecule has 0 aliphatic carbocycles. The van der Waals surface area contributed by atoms with E-state index in [1.165, 1.54) is 6.08 Å². The first kappa shape index (κ1) is 20.7. The van der Waals surface area contributed by atoms with Crippen LogP contribution in [0.4, 0.5) is 0 Å². The fourth-order valence-electron chi connectivity index (χ4n) is 2.64. The molecule has 0 aliphatic heterocycles. The first-order chi connectivity index (χ1) is 13.1. The Bertz CT molecular complexity index is 823. The molecule has 0 bridgehead atoms. The largest absolute Gasteiger partial charge is 0.334 e. The first-order valence-corrected chi connectivity index (χ1v) is 9.40. The predicted octanol–water partition coefficient (Wildman–Crippen LogP) is 4.00. The van der Waals surface area contributed by atoms with Crippen LogP contribution in [-0.4, -0.2) is 32.1 Å². The predicted molar refractivity (Wildman–Crippen MR) is 106 cm³/mol. The lowest BCUT2D eigenvalue weighted by molar-refractivity contribution is -0.126. The van der Waals surface area contributed by atoms with Gasteiger partial charge in [-0.2, -0.15) is 10.4 Å². The number of amides is 1. The van der Waals surface area contributed by atoms with Gasteiger partial charge in [0.15, 0.2) is 0 Å². The molecule has 0 aromatic carbocycles. The number of pyridine rings is 1. The Hall–Kier alpha value is -2.65. The molecule has 0 saturated heterocycles. The van der Waals surface area contributed by atoms with E-state index in [9.17, 15) is 4.79 Å². The zero-order valence-electron chi connectivity index (χ0n) is 15.7. The molecule has 0 atom stereocenters. The van der Waals surface area contributed by atoms with E-state index in [1.54, 1.807) is 28.1 Å². The standard InChI is InChI=1S/C20H24ClN5O/c1-3-4-13-26-20(21)18(16(2)24-26)8-9-19(27)25(12-6-10-22)15-17-7-5-11-23-14-17/h5,7-9,11,14H,3-4,6,12-13,15H2,1-2H3/b9-8+. The van der Waals surface area contributed by atoms with E-state index in [-0.39, 0.29) is 12.3 Å². The van der Waals surface area contributed by atoms with E-state index in [4.69, 9.17) is 16.9 Å². The highest BCUT2D eigenvalue weighted by molar-refractivity contribution is 6.31. The van der Waals surface area contributed by atoms with Crippen LogP contribution in [0.3, 0.4) is 0 Å². The van der Waals surface area contributed by atoms with Crippen molar-refractivity contribution >= 4 is 23.6 Å². The number of halogens is 1. The van der Waals surface area contributed by atoms with Crippen molar-refractivity contribution in [1.82, 2.24) is 19.7 Å². The van der Waals surface area contributed by atoms with Crippen LogP contribution < -0.4 is 0 Å². The van der Waals surface area contributed by atoms with Gasteiger partial charge in [-0.3, -0.25) is 14.5 Å². The molecule has 0 unspecified atom stereocenters. The van der Waals surface area contributed by atoms with E-state index < -0.39 is 0 Å². The number of aromatic nitrogens is 3. The second kappa shape index (κ2) is 10.5. The molecular formula is C20H24ClN5O. The van der Waals surface area contributed by atoms with Crippen molar-refractivity contribution in [1.29, 1.82) is 5.26 Å². The van der Waals surface area contributed by atoms with Crippen LogP contribution in [0.1, 0.15) is 43.0 Å². The monoisotopic (exact) mass is 385 g/mol. The van der Waals surface area contributed by atoms with Crippen molar-refractivity contribution in [3.8, 4) is 6.07 Å². The third kappa shape index (κ3) is 5.93. The summed E-state index contributed by atoms with van der Waals surface area (Å²) in [4.78, 5) is 18.4. The van der Waals surface area contributed by atoms with Gasteiger partial charge in [-0.05, 0) is 31.1 Å². The Morgan fingerprint density at radius 1 is 1.48 bits per heavy atom. The lowest BCUT2D eigenvalue weighted by atomic mass is 10.2. The van der Waals surface area contributed by atoms with Crippen molar-refractivity contribution in [3.63, 3.8) is 0 Å². The van der Waals surface area contributed by atoms with E-state index in [0.717, 1.165) is 36.2 Å². The average molecular weight is 386 g/mol. The summed E-state index contributed by atoms with van der Waals surface area (Å²) in [7, 11) is 0.